The molecule has 8 nitrogen and oxygen atoms in total. The van der Waals surface area contributed by atoms with Gasteiger partial charge >= 0.3 is 11.9 Å². The second-order valence-electron chi connectivity index (χ2n) is 12.2. The van der Waals surface area contributed by atoms with E-state index < -0.39 is 36.7 Å². The zero-order chi connectivity index (χ0) is 34.0. The maximum Gasteiger partial charge on any atom is 0.338 e. The largest absolute Gasteiger partial charge is 0.480 e. The van der Waals surface area contributed by atoms with Gasteiger partial charge in [-0.05, 0) is 78.1 Å². The molecule has 4 aromatic rings. The molecular weight excluding hydrogens is 606 g/mol. The second kappa shape index (κ2) is 20.2. The fraction of sp³-hybridized carbons (Fsp3) is 0.425. The van der Waals surface area contributed by atoms with Crippen molar-refractivity contribution in [1.82, 2.24) is 5.32 Å². The highest BCUT2D eigenvalue weighted by Gasteiger charge is 2.37. The number of rotatable bonds is 22. The summed E-state index contributed by atoms with van der Waals surface area (Å²) in [7, 11) is 0. The Labute approximate surface area is 283 Å². The van der Waals surface area contributed by atoms with Crippen molar-refractivity contribution in [3.8, 4) is 0 Å². The highest BCUT2D eigenvalue weighted by atomic mass is 16.6. The molecule has 0 aliphatic heterocycles. The van der Waals surface area contributed by atoms with Crippen molar-refractivity contribution in [1.29, 1.82) is 0 Å². The molecule has 2 unspecified atom stereocenters. The van der Waals surface area contributed by atoms with Crippen LogP contribution < -0.4 is 5.32 Å². The smallest absolute Gasteiger partial charge is 0.338 e. The lowest BCUT2D eigenvalue weighted by atomic mass is 10.0. The molecule has 0 saturated heterocycles. The van der Waals surface area contributed by atoms with Crippen LogP contribution >= 0.6 is 0 Å². The van der Waals surface area contributed by atoms with Gasteiger partial charge in [0.15, 0.2) is 12.2 Å². The molecule has 0 aliphatic carbocycles. The number of benzene rings is 4. The lowest BCUT2D eigenvalue weighted by Gasteiger charge is -2.25. The Kier molecular flexibility index (Phi) is 15.4. The number of carboxylic acids is 1. The molecule has 0 heterocycles. The number of fused-ring (bicyclic) bond motifs is 2. The van der Waals surface area contributed by atoms with Crippen LogP contribution in [0.2, 0.25) is 0 Å². The van der Waals surface area contributed by atoms with Gasteiger partial charge in [-0.2, -0.15) is 0 Å². The first-order chi connectivity index (χ1) is 23.4. The summed E-state index contributed by atoms with van der Waals surface area (Å²) in [6.07, 6.45) is 6.61. The first-order valence-corrected chi connectivity index (χ1v) is 17.3. The average Bonchev–Trinajstić information content (AvgIpc) is 3.09. The van der Waals surface area contributed by atoms with E-state index in [0.717, 1.165) is 57.8 Å². The van der Waals surface area contributed by atoms with Crippen molar-refractivity contribution in [3.63, 3.8) is 0 Å². The van der Waals surface area contributed by atoms with Gasteiger partial charge in [-0.3, -0.25) is 4.79 Å². The first-order valence-electron chi connectivity index (χ1n) is 17.3. The van der Waals surface area contributed by atoms with E-state index in [1.165, 1.54) is 32.7 Å². The van der Waals surface area contributed by atoms with Crippen molar-refractivity contribution >= 4 is 39.4 Å². The quantitative estimate of drug-likeness (QED) is 0.0669. The van der Waals surface area contributed by atoms with Crippen LogP contribution in [-0.4, -0.2) is 61.5 Å². The Morgan fingerprint density at radius 3 is 1.77 bits per heavy atom. The summed E-state index contributed by atoms with van der Waals surface area (Å²) in [5.41, 5.74) is 2.62. The van der Waals surface area contributed by atoms with E-state index >= 15 is 0 Å². The number of carbonyl (C=O) groups is 3. The van der Waals surface area contributed by atoms with Crippen LogP contribution in [0.3, 0.4) is 0 Å². The van der Waals surface area contributed by atoms with Gasteiger partial charge in [-0.15, -0.1) is 0 Å². The van der Waals surface area contributed by atoms with Gasteiger partial charge in [0.05, 0.1) is 6.61 Å². The molecule has 1 amide bonds. The number of unbranched alkanes of at least 4 members (excludes halogenated alkanes) is 6. The van der Waals surface area contributed by atoms with Crippen LogP contribution in [0, 0.1) is 0 Å². The molecule has 256 valence electrons. The minimum absolute atomic E-state index is 0.0660. The molecule has 8 heteroatoms. The van der Waals surface area contributed by atoms with Gasteiger partial charge in [-0.1, -0.05) is 111 Å². The minimum atomic E-state index is -1.48. The Morgan fingerprint density at radius 1 is 0.646 bits per heavy atom. The number of hydrogen-bond acceptors (Lipinski definition) is 6. The van der Waals surface area contributed by atoms with Gasteiger partial charge in [0, 0.05) is 13.2 Å². The molecule has 0 aromatic heterocycles. The zero-order valence-corrected chi connectivity index (χ0v) is 28.0. The predicted octanol–water partition coefficient (Wildman–Crippen LogP) is 7.43. The van der Waals surface area contributed by atoms with Crippen LogP contribution in [0.15, 0.2) is 84.9 Å². The van der Waals surface area contributed by atoms with E-state index in [1.54, 1.807) is 6.92 Å². The average molecular weight is 656 g/mol. The highest BCUT2D eigenvalue weighted by Crippen LogP contribution is 2.19. The summed E-state index contributed by atoms with van der Waals surface area (Å²) < 4.78 is 16.4. The Bertz CT molecular complexity index is 1600. The molecule has 4 rings (SSSR count). The molecule has 0 saturated carbocycles. The Balaban J connectivity index is 1.20. The molecule has 0 spiro atoms. The van der Waals surface area contributed by atoms with Crippen LogP contribution in [0.4, 0.5) is 0 Å². The summed E-state index contributed by atoms with van der Waals surface area (Å²) >= 11 is 0. The number of nitrogens with one attached hydrogen (secondary N) is 1. The number of hydrogen-bond donors (Lipinski definition) is 2. The number of aliphatic carboxylic acids is 1. The second-order valence-corrected chi connectivity index (χ2v) is 12.2. The third-order valence-electron chi connectivity index (χ3n) is 8.42. The third-order valence-corrected chi connectivity index (χ3v) is 8.42. The van der Waals surface area contributed by atoms with E-state index in [1.807, 2.05) is 12.1 Å². The molecule has 4 aromatic carbocycles. The van der Waals surface area contributed by atoms with Crippen molar-refractivity contribution in [2.75, 3.05) is 26.4 Å². The maximum absolute atomic E-state index is 13.3. The Hall–Kier alpha value is -4.27. The molecule has 2 atom stereocenters. The number of carboxylic acid groups (broad SMARTS) is 1. The first kappa shape index (κ1) is 36.6. The van der Waals surface area contributed by atoms with Crippen LogP contribution in [-0.2, 0) is 41.4 Å². The number of carbonyl (C=O) groups excluding carboxylic acids is 2. The number of esters is 1. The van der Waals surface area contributed by atoms with Crippen molar-refractivity contribution < 1.29 is 33.7 Å². The maximum atomic E-state index is 13.3. The summed E-state index contributed by atoms with van der Waals surface area (Å²) in [6.45, 7) is 1.60. The lowest BCUT2D eigenvalue weighted by molar-refractivity contribution is -0.176. The standard InChI is InChI=1S/C40H49NO7/c1-2-46-40(45)38(48-29-36(42)43)37(39(44)41-25-13-6-8-16-31-22-24-33-18-10-12-20-35(33)28-31)47-26-14-5-3-4-7-15-30-21-23-32-17-9-11-19-34(32)27-30/h9-12,17-24,27-28,37-38H,2-8,13-16,25-26,29H2,1H3,(H,41,44)(H,42,43). The predicted molar refractivity (Wildman–Crippen MR) is 189 cm³/mol. The van der Waals surface area contributed by atoms with Crippen molar-refractivity contribution in [2.45, 2.75) is 83.3 Å². The summed E-state index contributed by atoms with van der Waals surface area (Å²) in [6, 6.07) is 29.8. The van der Waals surface area contributed by atoms with Gasteiger partial charge in [0.1, 0.15) is 6.61 Å². The monoisotopic (exact) mass is 655 g/mol. The zero-order valence-electron chi connectivity index (χ0n) is 28.0. The third kappa shape index (κ3) is 12.1. The molecule has 0 aliphatic rings. The Morgan fingerprint density at radius 2 is 1.19 bits per heavy atom. The number of amides is 1. The van der Waals surface area contributed by atoms with E-state index in [4.69, 9.17) is 14.2 Å². The highest BCUT2D eigenvalue weighted by molar-refractivity contribution is 5.89. The molecular formula is C40H49NO7. The van der Waals surface area contributed by atoms with Gasteiger partial charge < -0.3 is 24.6 Å². The van der Waals surface area contributed by atoms with Gasteiger partial charge in [0.25, 0.3) is 5.91 Å². The van der Waals surface area contributed by atoms with E-state index in [0.29, 0.717) is 13.0 Å². The van der Waals surface area contributed by atoms with E-state index in [2.05, 4.69) is 78.1 Å². The molecule has 48 heavy (non-hydrogen) atoms. The molecule has 0 radical (unpaired) electrons. The summed E-state index contributed by atoms with van der Waals surface area (Å²) in [4.78, 5) is 37.2. The fourth-order valence-corrected chi connectivity index (χ4v) is 5.87. The SMILES string of the molecule is CCOC(=O)C(OCC(=O)O)C(OCCCCCCCc1ccc2ccccc2c1)C(=O)NCCCCCc1ccc2ccccc2c1. The summed E-state index contributed by atoms with van der Waals surface area (Å²) in [5, 5.41) is 17.0. The number of ether oxygens (including phenoxy) is 3. The minimum Gasteiger partial charge on any atom is -0.480 e. The van der Waals surface area contributed by atoms with E-state index in [9.17, 15) is 19.5 Å². The van der Waals surface area contributed by atoms with Gasteiger partial charge in [0.2, 0.25) is 0 Å². The topological polar surface area (TPSA) is 111 Å². The van der Waals surface area contributed by atoms with Crippen molar-refractivity contribution in [2.24, 2.45) is 0 Å². The van der Waals surface area contributed by atoms with E-state index in [-0.39, 0.29) is 13.2 Å². The molecule has 0 bridgehead atoms. The lowest BCUT2D eigenvalue weighted by Crippen LogP contribution is -2.50. The molecule has 0 fully saturated rings. The normalized spacial score (nSPS) is 12.5. The summed E-state index contributed by atoms with van der Waals surface area (Å²) in [5.74, 6) is -2.58. The number of aryl methyl sites for hydroxylation is 2. The fourth-order valence-electron chi connectivity index (χ4n) is 5.87. The molecule has 2 N–H and O–H groups in total. The van der Waals surface area contributed by atoms with Crippen LogP contribution in [0.1, 0.15) is 69.4 Å². The van der Waals surface area contributed by atoms with Crippen LogP contribution in [0.25, 0.3) is 21.5 Å². The van der Waals surface area contributed by atoms with Crippen molar-refractivity contribution in [3.05, 3.63) is 96.1 Å². The van der Waals surface area contributed by atoms with Gasteiger partial charge in [-0.25, -0.2) is 9.59 Å². The van der Waals surface area contributed by atoms with Crippen LogP contribution in [0.5, 0.6) is 0 Å².